The van der Waals surface area contributed by atoms with Crippen molar-refractivity contribution in [1.29, 1.82) is 0 Å². The van der Waals surface area contributed by atoms with Crippen LogP contribution in [0.1, 0.15) is 12.8 Å². The average molecular weight is 334 g/mol. The van der Waals surface area contributed by atoms with Crippen LogP contribution in [0.15, 0.2) is 18.2 Å². The number of nitrogens with one attached hydrogen (secondary N) is 1. The van der Waals surface area contributed by atoms with Crippen LogP contribution in [0.4, 0.5) is 11.4 Å². The van der Waals surface area contributed by atoms with Gasteiger partial charge in [-0.2, -0.15) is 11.8 Å². The van der Waals surface area contributed by atoms with Crippen molar-refractivity contribution in [2.24, 2.45) is 0 Å². The Labute approximate surface area is 109 Å². The molecule has 0 bridgehead atoms. The van der Waals surface area contributed by atoms with Gasteiger partial charge in [0.1, 0.15) is 0 Å². The van der Waals surface area contributed by atoms with Crippen LogP contribution in [0.3, 0.4) is 0 Å². The summed E-state index contributed by atoms with van der Waals surface area (Å²) in [5.41, 5.74) is 7.78. The van der Waals surface area contributed by atoms with Gasteiger partial charge in [-0.1, -0.05) is 0 Å². The number of halogens is 1. The zero-order valence-corrected chi connectivity index (χ0v) is 11.5. The molecule has 2 rings (SSSR count). The standard InChI is InChI=1S/C11H15IN2S/c12-10-6-8(13)3-4-11(10)14-9-2-1-5-15-7-9/h3-4,6,9,14H,1-2,5,7,13H2. The third kappa shape index (κ3) is 3.17. The lowest BCUT2D eigenvalue weighted by molar-refractivity contribution is 0.685. The van der Waals surface area contributed by atoms with Crippen molar-refractivity contribution in [3.8, 4) is 0 Å². The lowest BCUT2D eigenvalue weighted by Gasteiger charge is -2.24. The normalized spacial score (nSPS) is 21.3. The second-order valence-corrected chi connectivity index (χ2v) is 6.11. The van der Waals surface area contributed by atoms with Crippen LogP contribution in [0.25, 0.3) is 0 Å². The molecule has 1 unspecified atom stereocenters. The summed E-state index contributed by atoms with van der Waals surface area (Å²) in [6.45, 7) is 0. The molecule has 1 aliphatic rings. The Bertz CT molecular complexity index is 337. The van der Waals surface area contributed by atoms with E-state index in [9.17, 15) is 0 Å². The summed E-state index contributed by atoms with van der Waals surface area (Å²) in [5.74, 6) is 2.54. The molecule has 3 N–H and O–H groups in total. The minimum Gasteiger partial charge on any atom is -0.399 e. The minimum atomic E-state index is 0.626. The fourth-order valence-corrected chi connectivity index (χ4v) is 3.49. The molecule has 1 atom stereocenters. The number of anilines is 2. The molecule has 1 aromatic carbocycles. The third-order valence-corrected chi connectivity index (χ3v) is 4.62. The number of nitrogen functional groups attached to an aromatic ring is 1. The molecule has 1 fully saturated rings. The number of hydrogen-bond donors (Lipinski definition) is 2. The van der Waals surface area contributed by atoms with Gasteiger partial charge in [0.15, 0.2) is 0 Å². The van der Waals surface area contributed by atoms with Gasteiger partial charge in [0, 0.05) is 26.7 Å². The van der Waals surface area contributed by atoms with Crippen LogP contribution >= 0.6 is 34.4 Å². The van der Waals surface area contributed by atoms with E-state index in [4.69, 9.17) is 5.73 Å². The fraction of sp³-hybridized carbons (Fsp3) is 0.455. The van der Waals surface area contributed by atoms with E-state index in [1.54, 1.807) is 0 Å². The first-order valence-electron chi connectivity index (χ1n) is 5.15. The summed E-state index contributed by atoms with van der Waals surface area (Å²) in [6, 6.07) is 6.68. The highest BCUT2D eigenvalue weighted by molar-refractivity contribution is 14.1. The van der Waals surface area contributed by atoms with E-state index in [-0.39, 0.29) is 0 Å². The first-order valence-corrected chi connectivity index (χ1v) is 7.38. The van der Waals surface area contributed by atoms with Gasteiger partial charge in [-0.25, -0.2) is 0 Å². The Kier molecular flexibility index (Phi) is 4.02. The number of rotatable bonds is 2. The number of nitrogens with two attached hydrogens (primary N) is 1. The Balaban J connectivity index is 2.03. The second kappa shape index (κ2) is 5.30. The highest BCUT2D eigenvalue weighted by Gasteiger charge is 2.14. The van der Waals surface area contributed by atoms with Crippen LogP contribution in [0.2, 0.25) is 0 Å². The first-order chi connectivity index (χ1) is 7.25. The van der Waals surface area contributed by atoms with Crippen LogP contribution in [-0.4, -0.2) is 17.5 Å². The van der Waals surface area contributed by atoms with E-state index in [0.717, 1.165) is 5.69 Å². The van der Waals surface area contributed by atoms with Crippen LogP contribution in [0.5, 0.6) is 0 Å². The third-order valence-electron chi connectivity index (χ3n) is 2.51. The molecule has 82 valence electrons. The second-order valence-electron chi connectivity index (χ2n) is 3.80. The Morgan fingerprint density at radius 1 is 1.47 bits per heavy atom. The Morgan fingerprint density at radius 2 is 2.33 bits per heavy atom. The Hall–Kier alpha value is -0.100. The molecule has 0 aromatic heterocycles. The highest BCUT2D eigenvalue weighted by Crippen LogP contribution is 2.25. The zero-order valence-electron chi connectivity index (χ0n) is 8.50. The van der Waals surface area contributed by atoms with E-state index < -0.39 is 0 Å². The predicted octanol–water partition coefficient (Wildman–Crippen LogP) is 3.18. The number of benzene rings is 1. The summed E-state index contributed by atoms with van der Waals surface area (Å²) in [7, 11) is 0. The topological polar surface area (TPSA) is 38.0 Å². The maximum Gasteiger partial charge on any atom is 0.0479 e. The monoisotopic (exact) mass is 334 g/mol. The number of thioether (sulfide) groups is 1. The van der Waals surface area contributed by atoms with E-state index in [0.29, 0.717) is 6.04 Å². The Morgan fingerprint density at radius 3 is 3.00 bits per heavy atom. The maximum absolute atomic E-state index is 5.72. The lowest BCUT2D eigenvalue weighted by Crippen LogP contribution is -2.26. The van der Waals surface area contributed by atoms with Crippen molar-refractivity contribution >= 4 is 45.7 Å². The molecule has 1 aromatic rings. The predicted molar refractivity (Wildman–Crippen MR) is 77.5 cm³/mol. The molecule has 0 radical (unpaired) electrons. The quantitative estimate of drug-likeness (QED) is 0.644. The summed E-state index contributed by atoms with van der Waals surface area (Å²) in [6.07, 6.45) is 2.61. The average Bonchev–Trinajstić information content (AvgIpc) is 2.24. The molecule has 1 aliphatic heterocycles. The van der Waals surface area contributed by atoms with Gasteiger partial charge in [0.2, 0.25) is 0 Å². The summed E-state index contributed by atoms with van der Waals surface area (Å²) < 4.78 is 1.21. The van der Waals surface area contributed by atoms with Crippen molar-refractivity contribution in [3.63, 3.8) is 0 Å². The molecule has 0 amide bonds. The van der Waals surface area contributed by atoms with Gasteiger partial charge < -0.3 is 11.1 Å². The SMILES string of the molecule is Nc1ccc(NC2CCCSC2)c(I)c1. The molecule has 0 saturated carbocycles. The molecule has 1 saturated heterocycles. The minimum absolute atomic E-state index is 0.626. The maximum atomic E-state index is 5.72. The smallest absolute Gasteiger partial charge is 0.0479 e. The van der Waals surface area contributed by atoms with Crippen LogP contribution in [-0.2, 0) is 0 Å². The van der Waals surface area contributed by atoms with Gasteiger partial charge >= 0.3 is 0 Å². The lowest BCUT2D eigenvalue weighted by atomic mass is 10.1. The van der Waals surface area contributed by atoms with Crippen LogP contribution in [0, 0.1) is 3.57 Å². The molecular weight excluding hydrogens is 319 g/mol. The van der Waals surface area contributed by atoms with Gasteiger partial charge in [0.25, 0.3) is 0 Å². The van der Waals surface area contributed by atoms with E-state index in [1.807, 2.05) is 23.9 Å². The van der Waals surface area contributed by atoms with Crippen molar-refractivity contribution in [3.05, 3.63) is 21.8 Å². The molecule has 15 heavy (non-hydrogen) atoms. The molecule has 0 spiro atoms. The van der Waals surface area contributed by atoms with E-state index in [2.05, 4.69) is 34.0 Å². The van der Waals surface area contributed by atoms with E-state index >= 15 is 0 Å². The van der Waals surface area contributed by atoms with E-state index in [1.165, 1.54) is 33.6 Å². The van der Waals surface area contributed by atoms with Crippen molar-refractivity contribution in [2.45, 2.75) is 18.9 Å². The van der Waals surface area contributed by atoms with Crippen molar-refractivity contribution in [1.82, 2.24) is 0 Å². The summed E-state index contributed by atoms with van der Waals surface area (Å²) in [5, 5.41) is 3.59. The van der Waals surface area contributed by atoms with Gasteiger partial charge in [-0.05, 0) is 59.4 Å². The summed E-state index contributed by atoms with van der Waals surface area (Å²) in [4.78, 5) is 0. The summed E-state index contributed by atoms with van der Waals surface area (Å²) >= 11 is 4.37. The first kappa shape index (κ1) is 11.4. The van der Waals surface area contributed by atoms with Crippen molar-refractivity contribution < 1.29 is 0 Å². The van der Waals surface area contributed by atoms with Crippen molar-refractivity contribution in [2.75, 3.05) is 22.6 Å². The van der Waals surface area contributed by atoms with Crippen LogP contribution < -0.4 is 11.1 Å². The van der Waals surface area contributed by atoms with Gasteiger partial charge in [-0.15, -0.1) is 0 Å². The largest absolute Gasteiger partial charge is 0.399 e. The van der Waals surface area contributed by atoms with Gasteiger partial charge in [-0.3, -0.25) is 0 Å². The zero-order chi connectivity index (χ0) is 10.7. The van der Waals surface area contributed by atoms with Gasteiger partial charge in [0.05, 0.1) is 0 Å². The fourth-order valence-electron chi connectivity index (χ4n) is 1.72. The number of hydrogen-bond acceptors (Lipinski definition) is 3. The molecular formula is C11H15IN2S. The molecule has 4 heteroatoms. The molecule has 2 nitrogen and oxygen atoms in total. The highest BCUT2D eigenvalue weighted by atomic mass is 127. The molecule has 0 aliphatic carbocycles. The molecule has 1 heterocycles.